The molecule has 4 nitrogen and oxygen atoms in total. The number of hydrogen-bond donors (Lipinski definition) is 1. The summed E-state index contributed by atoms with van der Waals surface area (Å²) in [6.07, 6.45) is 3.38. The fourth-order valence-electron chi connectivity index (χ4n) is 3.52. The van der Waals surface area contributed by atoms with E-state index >= 15 is 0 Å². The first-order chi connectivity index (χ1) is 14.5. The normalized spacial score (nSPS) is 11.7. The summed E-state index contributed by atoms with van der Waals surface area (Å²) in [5.41, 5.74) is 3.11. The maximum atomic E-state index is 13.3. The summed E-state index contributed by atoms with van der Waals surface area (Å²) in [5.74, 6) is -0.112. The summed E-state index contributed by atoms with van der Waals surface area (Å²) in [6, 6.07) is 15.2. The van der Waals surface area contributed by atoms with Gasteiger partial charge in [0.15, 0.2) is 0 Å². The molecule has 2 aromatic carbocycles. The molecular weight excluding hydrogens is 396 g/mol. The van der Waals surface area contributed by atoms with Gasteiger partial charge in [-0.05, 0) is 43.4 Å². The topological polar surface area (TPSA) is 49.4 Å². The van der Waals surface area contributed by atoms with Gasteiger partial charge in [-0.25, -0.2) is 0 Å². The van der Waals surface area contributed by atoms with Gasteiger partial charge in [-0.3, -0.25) is 9.59 Å². The van der Waals surface area contributed by atoms with Gasteiger partial charge in [0.05, 0.1) is 0 Å². The highest BCUT2D eigenvalue weighted by atomic mass is 35.5. The second-order valence-electron chi connectivity index (χ2n) is 7.67. The first-order valence-corrected chi connectivity index (χ1v) is 11.2. The van der Waals surface area contributed by atoms with Crippen molar-refractivity contribution in [2.24, 2.45) is 0 Å². The minimum Gasteiger partial charge on any atom is -0.354 e. The third-order valence-corrected chi connectivity index (χ3v) is 5.59. The van der Waals surface area contributed by atoms with Gasteiger partial charge in [-0.2, -0.15) is 0 Å². The second kappa shape index (κ2) is 12.4. The zero-order valence-electron chi connectivity index (χ0n) is 18.3. The number of halogens is 1. The van der Waals surface area contributed by atoms with Crippen LogP contribution in [-0.2, 0) is 22.6 Å². The van der Waals surface area contributed by atoms with Crippen LogP contribution in [0.5, 0.6) is 0 Å². The van der Waals surface area contributed by atoms with Crippen LogP contribution in [0, 0.1) is 6.92 Å². The first kappa shape index (κ1) is 23.9. The highest BCUT2D eigenvalue weighted by Gasteiger charge is 2.28. The number of hydrogen-bond acceptors (Lipinski definition) is 2. The van der Waals surface area contributed by atoms with Crippen LogP contribution < -0.4 is 5.32 Å². The molecule has 0 saturated carbocycles. The van der Waals surface area contributed by atoms with Crippen LogP contribution >= 0.6 is 11.6 Å². The molecule has 0 spiro atoms. The number of aryl methyl sites for hydroxylation is 2. The van der Waals surface area contributed by atoms with E-state index in [0.29, 0.717) is 37.4 Å². The van der Waals surface area contributed by atoms with Crippen LogP contribution in [0.3, 0.4) is 0 Å². The number of carbonyl (C=O) groups excluding carboxylic acids is 2. The number of rotatable bonds is 11. The Balaban J connectivity index is 2.18. The van der Waals surface area contributed by atoms with Crippen LogP contribution in [0.25, 0.3) is 0 Å². The third-order valence-electron chi connectivity index (χ3n) is 5.22. The van der Waals surface area contributed by atoms with E-state index in [9.17, 15) is 9.59 Å². The lowest BCUT2D eigenvalue weighted by Crippen LogP contribution is -2.49. The predicted octanol–water partition coefficient (Wildman–Crippen LogP) is 5.30. The summed E-state index contributed by atoms with van der Waals surface area (Å²) in [7, 11) is 0. The van der Waals surface area contributed by atoms with Crippen molar-refractivity contribution in [2.75, 3.05) is 6.54 Å². The van der Waals surface area contributed by atoms with Crippen LogP contribution in [-0.4, -0.2) is 29.3 Å². The summed E-state index contributed by atoms with van der Waals surface area (Å²) in [6.45, 7) is 7.13. The Morgan fingerprint density at radius 3 is 2.53 bits per heavy atom. The van der Waals surface area contributed by atoms with Crippen molar-refractivity contribution in [3.8, 4) is 0 Å². The van der Waals surface area contributed by atoms with E-state index in [-0.39, 0.29) is 11.8 Å². The molecule has 0 heterocycles. The number of benzene rings is 2. The number of amides is 2. The van der Waals surface area contributed by atoms with E-state index in [2.05, 4.69) is 18.3 Å². The van der Waals surface area contributed by atoms with E-state index in [4.69, 9.17) is 11.6 Å². The molecule has 1 N–H and O–H groups in total. The van der Waals surface area contributed by atoms with E-state index in [1.165, 1.54) is 0 Å². The van der Waals surface area contributed by atoms with Gasteiger partial charge in [-0.1, -0.05) is 79.9 Å². The van der Waals surface area contributed by atoms with Crippen molar-refractivity contribution in [3.05, 3.63) is 70.2 Å². The molecular formula is C25H33ClN2O2. The molecule has 0 bridgehead atoms. The van der Waals surface area contributed by atoms with Crippen molar-refractivity contribution in [2.45, 2.75) is 65.5 Å². The molecule has 1 unspecified atom stereocenters. The van der Waals surface area contributed by atoms with Gasteiger partial charge in [0.1, 0.15) is 6.04 Å². The summed E-state index contributed by atoms with van der Waals surface area (Å²) in [4.78, 5) is 27.8. The van der Waals surface area contributed by atoms with Crippen LogP contribution in [0.4, 0.5) is 0 Å². The fraction of sp³-hybridized carbons (Fsp3) is 0.440. The molecule has 1 atom stereocenters. The lowest BCUT2D eigenvalue weighted by atomic mass is 10.1. The van der Waals surface area contributed by atoms with E-state index in [1.807, 2.05) is 56.3 Å². The molecule has 30 heavy (non-hydrogen) atoms. The Labute approximate surface area is 185 Å². The third kappa shape index (κ3) is 7.17. The van der Waals surface area contributed by atoms with Gasteiger partial charge in [0.25, 0.3) is 0 Å². The largest absolute Gasteiger partial charge is 0.354 e. The second-order valence-corrected chi connectivity index (χ2v) is 8.08. The van der Waals surface area contributed by atoms with Gasteiger partial charge in [0.2, 0.25) is 11.8 Å². The average Bonchev–Trinajstić information content (AvgIpc) is 2.73. The highest BCUT2D eigenvalue weighted by molar-refractivity contribution is 6.31. The van der Waals surface area contributed by atoms with Gasteiger partial charge >= 0.3 is 0 Å². The Morgan fingerprint density at radius 2 is 1.87 bits per heavy atom. The molecule has 0 saturated heterocycles. The van der Waals surface area contributed by atoms with Gasteiger partial charge < -0.3 is 10.2 Å². The Bertz CT molecular complexity index is 837. The molecule has 162 valence electrons. The Kier molecular flexibility index (Phi) is 9.88. The van der Waals surface area contributed by atoms with Crippen molar-refractivity contribution in [1.82, 2.24) is 10.2 Å². The predicted molar refractivity (Wildman–Crippen MR) is 123 cm³/mol. The summed E-state index contributed by atoms with van der Waals surface area (Å²) < 4.78 is 0. The monoisotopic (exact) mass is 428 g/mol. The van der Waals surface area contributed by atoms with E-state index in [1.54, 1.807) is 4.90 Å². The lowest BCUT2D eigenvalue weighted by molar-refractivity contribution is -0.141. The number of nitrogens with one attached hydrogen (secondary N) is 1. The quantitative estimate of drug-likeness (QED) is 0.493. The van der Waals surface area contributed by atoms with Crippen LogP contribution in [0.2, 0.25) is 5.02 Å². The SMILES string of the molecule is CCCCNC(=O)C(CC)N(Cc1cccc(C)c1)C(=O)CCc1ccccc1Cl. The van der Waals surface area contributed by atoms with Crippen molar-refractivity contribution >= 4 is 23.4 Å². The van der Waals surface area contributed by atoms with Gasteiger partial charge in [0, 0.05) is 24.5 Å². The minimum absolute atomic E-state index is 0.0334. The molecule has 0 aromatic heterocycles. The molecule has 0 aliphatic heterocycles. The van der Waals surface area contributed by atoms with Crippen molar-refractivity contribution < 1.29 is 9.59 Å². The Hall–Kier alpha value is -2.33. The van der Waals surface area contributed by atoms with E-state index in [0.717, 1.165) is 29.5 Å². The standard InChI is InChI=1S/C25H33ClN2O2/c1-4-6-16-27-25(30)23(5-2)28(18-20-11-9-10-19(3)17-20)24(29)15-14-21-12-7-8-13-22(21)26/h7-13,17,23H,4-6,14-16,18H2,1-3H3,(H,27,30). The lowest BCUT2D eigenvalue weighted by Gasteiger charge is -2.31. The number of carbonyl (C=O) groups is 2. The molecule has 0 aliphatic rings. The zero-order valence-corrected chi connectivity index (χ0v) is 19.0. The molecule has 2 rings (SSSR count). The molecule has 2 aromatic rings. The molecule has 5 heteroatoms. The fourth-order valence-corrected chi connectivity index (χ4v) is 3.75. The van der Waals surface area contributed by atoms with E-state index < -0.39 is 6.04 Å². The molecule has 0 fully saturated rings. The highest BCUT2D eigenvalue weighted by Crippen LogP contribution is 2.19. The maximum absolute atomic E-state index is 13.3. The maximum Gasteiger partial charge on any atom is 0.242 e. The van der Waals surface area contributed by atoms with Crippen LogP contribution in [0.15, 0.2) is 48.5 Å². The zero-order chi connectivity index (χ0) is 21.9. The van der Waals surface area contributed by atoms with Crippen LogP contribution in [0.1, 0.15) is 56.2 Å². The molecule has 0 radical (unpaired) electrons. The number of unbranched alkanes of at least 4 members (excludes halogenated alkanes) is 1. The average molecular weight is 429 g/mol. The smallest absolute Gasteiger partial charge is 0.242 e. The van der Waals surface area contributed by atoms with Crippen molar-refractivity contribution in [3.63, 3.8) is 0 Å². The van der Waals surface area contributed by atoms with Crippen molar-refractivity contribution in [1.29, 1.82) is 0 Å². The minimum atomic E-state index is -0.485. The Morgan fingerprint density at radius 1 is 1.10 bits per heavy atom. The number of nitrogens with zero attached hydrogens (tertiary/aromatic N) is 1. The summed E-state index contributed by atoms with van der Waals surface area (Å²) in [5, 5.41) is 3.66. The van der Waals surface area contributed by atoms with Gasteiger partial charge in [-0.15, -0.1) is 0 Å². The molecule has 2 amide bonds. The molecule has 0 aliphatic carbocycles. The summed E-state index contributed by atoms with van der Waals surface area (Å²) >= 11 is 6.26. The first-order valence-electron chi connectivity index (χ1n) is 10.8.